The van der Waals surface area contributed by atoms with Crippen molar-refractivity contribution in [1.82, 2.24) is 25.1 Å². The first-order valence-corrected chi connectivity index (χ1v) is 13.3. The first kappa shape index (κ1) is 24.1. The first-order chi connectivity index (χ1) is 18.5. The largest absolute Gasteiger partial charge is 0.363 e. The maximum atomic E-state index is 13.6. The predicted molar refractivity (Wildman–Crippen MR) is 146 cm³/mol. The van der Waals surface area contributed by atoms with Gasteiger partial charge in [0.25, 0.3) is 11.8 Å². The van der Waals surface area contributed by atoms with Crippen LogP contribution in [0.15, 0.2) is 60.7 Å². The zero-order chi connectivity index (χ0) is 26.1. The predicted octanol–water partition coefficient (Wildman–Crippen LogP) is 3.30. The van der Waals surface area contributed by atoms with Crippen LogP contribution < -0.4 is 16.0 Å². The third kappa shape index (κ3) is 4.85. The zero-order valence-corrected chi connectivity index (χ0v) is 21.4. The number of nitrogens with one attached hydrogen (secondary N) is 1. The number of piperazine rings is 1. The topological polar surface area (TPSA) is 130 Å². The Hall–Kier alpha value is -4.22. The lowest BCUT2D eigenvalue weighted by Crippen LogP contribution is -2.50. The van der Waals surface area contributed by atoms with Gasteiger partial charge in [-0.3, -0.25) is 14.5 Å². The molecule has 10 nitrogen and oxygen atoms in total. The molecule has 4 heterocycles. The molecule has 0 spiro atoms. The molecule has 2 fully saturated rings. The number of rotatable bonds is 6. The van der Waals surface area contributed by atoms with Gasteiger partial charge in [-0.2, -0.15) is 0 Å². The summed E-state index contributed by atoms with van der Waals surface area (Å²) >= 11 is 1.08. The summed E-state index contributed by atoms with van der Waals surface area (Å²) in [5, 5.41) is 11.5. The van der Waals surface area contributed by atoms with Crippen LogP contribution >= 0.6 is 11.3 Å². The van der Waals surface area contributed by atoms with Crippen molar-refractivity contribution in [3.8, 4) is 22.0 Å². The van der Waals surface area contributed by atoms with Gasteiger partial charge in [-0.25, -0.2) is 9.97 Å². The molecule has 2 amide bonds. The molecule has 2 aromatic carbocycles. The third-order valence-corrected chi connectivity index (χ3v) is 7.90. The van der Waals surface area contributed by atoms with Crippen LogP contribution in [-0.2, 0) is 0 Å². The summed E-state index contributed by atoms with van der Waals surface area (Å²) < 4.78 is 0. The Bertz CT molecular complexity index is 1490. The quantitative estimate of drug-likeness (QED) is 0.391. The van der Waals surface area contributed by atoms with Crippen molar-refractivity contribution in [2.24, 2.45) is 5.73 Å². The number of carbonyl (C=O) groups is 2. The zero-order valence-electron chi connectivity index (χ0n) is 20.6. The Morgan fingerprint density at radius 3 is 2.61 bits per heavy atom. The molecule has 2 aliphatic heterocycles. The van der Waals surface area contributed by atoms with Gasteiger partial charge >= 0.3 is 0 Å². The van der Waals surface area contributed by atoms with E-state index in [2.05, 4.69) is 30.3 Å². The number of anilines is 2. The Labute approximate surface area is 223 Å². The number of primary amides is 1. The highest BCUT2D eigenvalue weighted by Crippen LogP contribution is 2.31. The molecule has 0 saturated carbocycles. The Morgan fingerprint density at radius 1 is 0.974 bits per heavy atom. The lowest BCUT2D eigenvalue weighted by molar-refractivity contribution is 0.0996. The Balaban J connectivity index is 1.33. The normalized spacial score (nSPS) is 17.3. The highest BCUT2D eigenvalue weighted by atomic mass is 32.1. The van der Waals surface area contributed by atoms with Crippen molar-refractivity contribution >= 4 is 34.7 Å². The van der Waals surface area contributed by atoms with Gasteiger partial charge in [-0.1, -0.05) is 53.8 Å². The van der Waals surface area contributed by atoms with E-state index >= 15 is 0 Å². The molecule has 38 heavy (non-hydrogen) atoms. The summed E-state index contributed by atoms with van der Waals surface area (Å²) in [6.07, 6.45) is 2.40. The molecule has 3 N–H and O–H groups in total. The molecule has 11 heteroatoms. The third-order valence-electron chi connectivity index (χ3n) is 6.93. The Kier molecular flexibility index (Phi) is 6.52. The highest BCUT2D eigenvalue weighted by molar-refractivity contribution is 7.16. The average molecular weight is 527 g/mol. The minimum Gasteiger partial charge on any atom is -0.363 e. The Morgan fingerprint density at radius 2 is 1.79 bits per heavy atom. The van der Waals surface area contributed by atoms with E-state index in [9.17, 15) is 9.59 Å². The second-order valence-electron chi connectivity index (χ2n) is 9.36. The fraction of sp³-hybridized carbons (Fsp3) is 0.259. The summed E-state index contributed by atoms with van der Waals surface area (Å²) in [6.45, 7) is 3.87. The maximum Gasteiger partial charge on any atom is 0.279 e. The van der Waals surface area contributed by atoms with Crippen LogP contribution in [0.25, 0.3) is 22.0 Å². The van der Waals surface area contributed by atoms with Gasteiger partial charge in [0.05, 0.1) is 5.69 Å². The number of nitrogens with two attached hydrogens (primary N) is 1. The standard InChI is InChI=1S/C27H26N8O2S/c28-23(36)27-33-32-26(38-27)19-10-4-5-11-20(19)30-25(37)21-15-22(31-24(29-21)17-7-2-1-3-8-17)35-14-13-34-12-6-9-18(34)16-35/h1-5,7-8,10-11,15,18H,6,9,12-14,16H2,(H2,28,36)(H,30,37)/t18-/m0/s1. The second-order valence-corrected chi connectivity index (χ2v) is 10.3. The number of benzene rings is 2. The molecule has 0 radical (unpaired) electrons. The van der Waals surface area contributed by atoms with Crippen LogP contribution in [0.2, 0.25) is 0 Å². The van der Waals surface area contributed by atoms with Crippen LogP contribution in [0.1, 0.15) is 33.1 Å². The van der Waals surface area contributed by atoms with Gasteiger partial charge in [-0.15, -0.1) is 10.2 Å². The van der Waals surface area contributed by atoms with Crippen molar-refractivity contribution in [2.45, 2.75) is 18.9 Å². The molecule has 1 atom stereocenters. The van der Waals surface area contributed by atoms with E-state index in [1.165, 1.54) is 12.8 Å². The van der Waals surface area contributed by atoms with E-state index in [0.717, 1.165) is 48.9 Å². The molecule has 0 bridgehead atoms. The molecule has 0 aliphatic carbocycles. The van der Waals surface area contributed by atoms with E-state index in [1.807, 2.05) is 48.5 Å². The molecular weight excluding hydrogens is 500 g/mol. The van der Waals surface area contributed by atoms with E-state index in [4.69, 9.17) is 10.7 Å². The number of para-hydroxylation sites is 1. The second kappa shape index (κ2) is 10.3. The van der Waals surface area contributed by atoms with E-state index < -0.39 is 5.91 Å². The minimum absolute atomic E-state index is 0.108. The molecule has 2 aliphatic rings. The van der Waals surface area contributed by atoms with Crippen molar-refractivity contribution in [2.75, 3.05) is 36.4 Å². The number of hydrogen-bond donors (Lipinski definition) is 2. The van der Waals surface area contributed by atoms with Crippen molar-refractivity contribution in [1.29, 1.82) is 0 Å². The summed E-state index contributed by atoms with van der Waals surface area (Å²) in [5.41, 5.74) is 7.63. The van der Waals surface area contributed by atoms with Gasteiger partial charge in [0.2, 0.25) is 5.01 Å². The minimum atomic E-state index is -0.643. The van der Waals surface area contributed by atoms with Gasteiger partial charge < -0.3 is 16.0 Å². The number of amides is 2. The first-order valence-electron chi connectivity index (χ1n) is 12.5. The lowest BCUT2D eigenvalue weighted by atomic mass is 10.1. The summed E-state index contributed by atoms with van der Waals surface area (Å²) in [6, 6.07) is 19.2. The highest BCUT2D eigenvalue weighted by Gasteiger charge is 2.31. The van der Waals surface area contributed by atoms with Crippen molar-refractivity contribution < 1.29 is 9.59 Å². The number of carbonyl (C=O) groups excluding carboxylic acids is 2. The van der Waals surface area contributed by atoms with E-state index in [-0.39, 0.29) is 16.6 Å². The molecule has 192 valence electrons. The van der Waals surface area contributed by atoms with Crippen LogP contribution in [0.5, 0.6) is 0 Å². The van der Waals surface area contributed by atoms with Crippen LogP contribution in [-0.4, -0.2) is 69.1 Å². The monoisotopic (exact) mass is 526 g/mol. The van der Waals surface area contributed by atoms with Gasteiger partial charge in [-0.05, 0) is 31.5 Å². The molecular formula is C27H26N8O2S. The smallest absolute Gasteiger partial charge is 0.279 e. The number of nitrogens with zero attached hydrogens (tertiary/aromatic N) is 6. The average Bonchev–Trinajstić information content (AvgIpc) is 3.63. The summed E-state index contributed by atoms with van der Waals surface area (Å²) in [7, 11) is 0. The fourth-order valence-electron chi connectivity index (χ4n) is 5.02. The molecule has 2 saturated heterocycles. The van der Waals surface area contributed by atoms with Crippen LogP contribution in [0.4, 0.5) is 11.5 Å². The number of fused-ring (bicyclic) bond motifs is 1. The van der Waals surface area contributed by atoms with E-state index in [0.29, 0.717) is 28.1 Å². The van der Waals surface area contributed by atoms with Crippen LogP contribution in [0, 0.1) is 0 Å². The number of aromatic nitrogens is 4. The van der Waals surface area contributed by atoms with Gasteiger partial charge in [0.1, 0.15) is 16.5 Å². The van der Waals surface area contributed by atoms with E-state index in [1.54, 1.807) is 12.1 Å². The van der Waals surface area contributed by atoms with Crippen molar-refractivity contribution in [3.05, 3.63) is 71.4 Å². The van der Waals surface area contributed by atoms with Gasteiger partial charge in [0, 0.05) is 42.9 Å². The van der Waals surface area contributed by atoms with Gasteiger partial charge in [0.15, 0.2) is 5.82 Å². The molecule has 4 aromatic rings. The summed E-state index contributed by atoms with van der Waals surface area (Å²) in [4.78, 5) is 39.4. The number of hydrogen-bond acceptors (Lipinski definition) is 9. The molecule has 2 aromatic heterocycles. The molecule has 0 unspecified atom stereocenters. The lowest BCUT2D eigenvalue weighted by Gasteiger charge is -2.38. The SMILES string of the molecule is NC(=O)c1nnc(-c2ccccc2NC(=O)c2cc(N3CCN4CCC[C@H]4C3)nc(-c3ccccc3)n2)s1. The van der Waals surface area contributed by atoms with Crippen LogP contribution in [0.3, 0.4) is 0 Å². The fourth-order valence-corrected chi connectivity index (χ4v) is 5.76. The summed E-state index contributed by atoms with van der Waals surface area (Å²) in [5.74, 6) is 0.248. The maximum absolute atomic E-state index is 13.6. The van der Waals surface area contributed by atoms with Crippen molar-refractivity contribution in [3.63, 3.8) is 0 Å². The molecule has 6 rings (SSSR count).